The van der Waals surface area contributed by atoms with Gasteiger partial charge in [0.1, 0.15) is 6.79 Å². The fourth-order valence-corrected chi connectivity index (χ4v) is 5.44. The number of methoxy groups -OCH3 is 1. The summed E-state index contributed by atoms with van der Waals surface area (Å²) < 4.78 is 10.8. The lowest BCUT2D eigenvalue weighted by Gasteiger charge is -2.44. The molecule has 0 heterocycles. The average molecular weight is 323 g/mol. The van der Waals surface area contributed by atoms with Gasteiger partial charge in [0.05, 0.1) is 5.60 Å². The second-order valence-electron chi connectivity index (χ2n) is 8.93. The van der Waals surface area contributed by atoms with Gasteiger partial charge in [0.2, 0.25) is 0 Å². The van der Waals surface area contributed by atoms with Crippen molar-refractivity contribution in [1.82, 2.24) is 0 Å². The maximum Gasteiger partial charge on any atom is 0.147 e. The zero-order valence-corrected chi connectivity index (χ0v) is 16.1. The molecule has 0 aromatic carbocycles. The van der Waals surface area contributed by atoms with Gasteiger partial charge in [-0.15, -0.1) is 0 Å². The zero-order valence-electron chi connectivity index (χ0n) is 16.1. The molecule has 0 unspecified atom stereocenters. The molecule has 2 aliphatic rings. The quantitative estimate of drug-likeness (QED) is 0.405. The largest absolute Gasteiger partial charge is 0.359 e. The normalized spacial score (nSPS) is 32.8. The van der Waals surface area contributed by atoms with E-state index in [9.17, 15) is 0 Å². The van der Waals surface area contributed by atoms with Gasteiger partial charge in [-0.25, -0.2) is 0 Å². The fraction of sp³-hybridized carbons (Fsp3) is 0.905. The summed E-state index contributed by atoms with van der Waals surface area (Å²) in [5, 5.41) is 0. The van der Waals surface area contributed by atoms with Crippen molar-refractivity contribution in [2.24, 2.45) is 23.2 Å². The summed E-state index contributed by atoms with van der Waals surface area (Å²) in [5.41, 5.74) is 2.00. The Hall–Kier alpha value is -0.340. The Morgan fingerprint density at radius 3 is 2.78 bits per heavy atom. The molecule has 0 amide bonds. The summed E-state index contributed by atoms with van der Waals surface area (Å²) in [5.74, 6) is 2.49. The van der Waals surface area contributed by atoms with Crippen LogP contribution < -0.4 is 0 Å². The van der Waals surface area contributed by atoms with E-state index in [0.717, 1.165) is 24.2 Å². The van der Waals surface area contributed by atoms with E-state index >= 15 is 0 Å². The molecule has 2 heteroatoms. The Balaban J connectivity index is 1.84. The van der Waals surface area contributed by atoms with Crippen molar-refractivity contribution >= 4 is 0 Å². The van der Waals surface area contributed by atoms with Crippen LogP contribution in [0.1, 0.15) is 79.1 Å². The molecule has 0 aromatic rings. The van der Waals surface area contributed by atoms with Crippen molar-refractivity contribution in [3.05, 3.63) is 12.2 Å². The molecule has 0 aliphatic heterocycles. The molecule has 0 saturated heterocycles. The Bertz CT molecular complexity index is 401. The van der Waals surface area contributed by atoms with E-state index in [2.05, 4.69) is 34.3 Å². The van der Waals surface area contributed by atoms with Crippen LogP contribution >= 0.6 is 0 Å². The van der Waals surface area contributed by atoms with Crippen molar-refractivity contribution in [2.45, 2.75) is 84.7 Å². The molecule has 0 spiro atoms. The molecular formula is C21H38O2. The van der Waals surface area contributed by atoms with Crippen LogP contribution in [0.25, 0.3) is 0 Å². The molecule has 2 fully saturated rings. The number of rotatable bonds is 8. The number of hydrogen-bond donors (Lipinski definition) is 0. The van der Waals surface area contributed by atoms with Crippen molar-refractivity contribution in [1.29, 1.82) is 0 Å². The van der Waals surface area contributed by atoms with Gasteiger partial charge in [0, 0.05) is 7.11 Å². The van der Waals surface area contributed by atoms with E-state index in [1.165, 1.54) is 44.9 Å². The molecule has 2 nitrogen and oxygen atoms in total. The Kier molecular flexibility index (Phi) is 6.35. The summed E-state index contributed by atoms with van der Waals surface area (Å²) in [6.45, 7) is 14.2. The van der Waals surface area contributed by atoms with Gasteiger partial charge >= 0.3 is 0 Å². The monoisotopic (exact) mass is 322 g/mol. The summed E-state index contributed by atoms with van der Waals surface area (Å²) in [6.07, 6.45) is 10.5. The molecule has 23 heavy (non-hydrogen) atoms. The highest BCUT2D eigenvalue weighted by Gasteiger charge is 2.50. The lowest BCUT2D eigenvalue weighted by molar-refractivity contribution is -0.118. The van der Waals surface area contributed by atoms with Gasteiger partial charge in [-0.3, -0.25) is 0 Å². The molecule has 0 bridgehead atoms. The van der Waals surface area contributed by atoms with E-state index in [1.54, 1.807) is 12.7 Å². The maximum atomic E-state index is 5.77. The number of fused-ring (bicyclic) bond motifs is 1. The first-order chi connectivity index (χ1) is 10.8. The van der Waals surface area contributed by atoms with E-state index in [-0.39, 0.29) is 5.60 Å². The molecule has 2 aliphatic carbocycles. The van der Waals surface area contributed by atoms with Crippen LogP contribution in [0.5, 0.6) is 0 Å². The predicted molar refractivity (Wildman–Crippen MR) is 97.4 cm³/mol. The lowest BCUT2D eigenvalue weighted by atomic mass is 9.61. The number of allylic oxidation sites excluding steroid dienone is 1. The second kappa shape index (κ2) is 7.70. The number of hydrogen-bond acceptors (Lipinski definition) is 2. The van der Waals surface area contributed by atoms with Crippen LogP contribution in [-0.4, -0.2) is 19.5 Å². The maximum absolute atomic E-state index is 5.77. The van der Waals surface area contributed by atoms with Crippen LogP contribution in [0.4, 0.5) is 0 Å². The predicted octanol–water partition coefficient (Wildman–Crippen LogP) is 5.96. The summed E-state index contributed by atoms with van der Waals surface area (Å²) in [6, 6.07) is 0. The first kappa shape index (κ1) is 19.0. The highest BCUT2D eigenvalue weighted by atomic mass is 16.7. The molecule has 4 atom stereocenters. The number of ether oxygens (including phenoxy) is 2. The van der Waals surface area contributed by atoms with Gasteiger partial charge in [0.15, 0.2) is 0 Å². The third kappa shape index (κ3) is 4.39. The minimum Gasteiger partial charge on any atom is -0.359 e. The van der Waals surface area contributed by atoms with E-state index in [4.69, 9.17) is 9.47 Å². The van der Waals surface area contributed by atoms with Crippen LogP contribution in [-0.2, 0) is 9.47 Å². The van der Waals surface area contributed by atoms with Gasteiger partial charge in [0.25, 0.3) is 0 Å². The third-order valence-corrected chi connectivity index (χ3v) is 6.81. The average Bonchev–Trinajstić information content (AvgIpc) is 2.83. The molecule has 0 N–H and O–H groups in total. The first-order valence-corrected chi connectivity index (χ1v) is 9.61. The van der Waals surface area contributed by atoms with Crippen molar-refractivity contribution in [3.63, 3.8) is 0 Å². The van der Waals surface area contributed by atoms with Gasteiger partial charge in [-0.2, -0.15) is 0 Å². The van der Waals surface area contributed by atoms with E-state index in [0.29, 0.717) is 12.2 Å². The first-order valence-electron chi connectivity index (χ1n) is 9.61. The molecule has 2 rings (SSSR count). The van der Waals surface area contributed by atoms with Gasteiger partial charge < -0.3 is 9.47 Å². The molecule has 0 aromatic heterocycles. The molecular weight excluding hydrogens is 284 g/mol. The summed E-state index contributed by atoms with van der Waals surface area (Å²) in [4.78, 5) is 0. The molecule has 0 radical (unpaired) electrons. The van der Waals surface area contributed by atoms with Crippen LogP contribution in [0.3, 0.4) is 0 Å². The van der Waals surface area contributed by atoms with Crippen LogP contribution in [0, 0.1) is 23.2 Å². The second-order valence-corrected chi connectivity index (χ2v) is 8.93. The fourth-order valence-electron chi connectivity index (χ4n) is 5.44. The smallest absolute Gasteiger partial charge is 0.147 e. The lowest BCUT2D eigenvalue weighted by Crippen LogP contribution is -2.35. The Morgan fingerprint density at radius 1 is 1.35 bits per heavy atom. The van der Waals surface area contributed by atoms with Gasteiger partial charge in [-0.05, 0) is 75.5 Å². The Morgan fingerprint density at radius 2 is 2.09 bits per heavy atom. The third-order valence-electron chi connectivity index (χ3n) is 6.81. The van der Waals surface area contributed by atoms with Crippen LogP contribution in [0.2, 0.25) is 0 Å². The standard InChI is InChI=1S/C21H38O2/c1-16(9-7-13-20(3,4)23-15-22-6)18-11-12-19-17(2)10-8-14-21(18,19)5/h16,18-19H,2,7-15H2,1,3-6H3/t16-,18-,19+,21-/m1/s1. The van der Waals surface area contributed by atoms with E-state index < -0.39 is 0 Å². The van der Waals surface area contributed by atoms with Gasteiger partial charge in [-0.1, -0.05) is 38.8 Å². The summed E-state index contributed by atoms with van der Waals surface area (Å²) in [7, 11) is 1.69. The van der Waals surface area contributed by atoms with E-state index in [1.807, 2.05) is 0 Å². The SMILES string of the molecule is C=C1CCC[C@]2(C)[C@@H]([C@H](C)CCCC(C)(C)OCOC)CC[C@@H]12. The molecule has 134 valence electrons. The minimum absolute atomic E-state index is 0.0725. The van der Waals surface area contributed by atoms with Crippen molar-refractivity contribution in [2.75, 3.05) is 13.9 Å². The topological polar surface area (TPSA) is 18.5 Å². The van der Waals surface area contributed by atoms with Crippen molar-refractivity contribution < 1.29 is 9.47 Å². The highest BCUT2D eigenvalue weighted by Crippen LogP contribution is 2.59. The molecule has 2 saturated carbocycles. The zero-order chi connectivity index (χ0) is 17.1. The Labute approximate surface area is 144 Å². The minimum atomic E-state index is -0.0725. The highest BCUT2D eigenvalue weighted by molar-refractivity contribution is 5.15. The van der Waals surface area contributed by atoms with Crippen LogP contribution in [0.15, 0.2) is 12.2 Å². The van der Waals surface area contributed by atoms with Crippen molar-refractivity contribution in [3.8, 4) is 0 Å². The summed E-state index contributed by atoms with van der Waals surface area (Å²) >= 11 is 0.